The first-order valence-corrected chi connectivity index (χ1v) is 6.70. The van der Waals surface area contributed by atoms with Gasteiger partial charge in [-0.15, -0.1) is 0 Å². The Morgan fingerprint density at radius 3 is 2.65 bits per heavy atom. The molecular formula is C16H18N2O2. The zero-order valence-corrected chi connectivity index (χ0v) is 11.3. The Balaban J connectivity index is 1.84. The number of fused-ring (bicyclic) bond motifs is 1. The lowest BCUT2D eigenvalue weighted by atomic mass is 10.1. The number of β-amino-alcohol motifs (C(OH)–C–C–N with tert-alkyl or cyclic N) is 1. The fourth-order valence-electron chi connectivity index (χ4n) is 2.58. The molecule has 3 rings (SSSR count). The second-order valence-corrected chi connectivity index (χ2v) is 5.07. The number of hydrogen-bond acceptors (Lipinski definition) is 4. The van der Waals surface area contributed by atoms with Crippen molar-refractivity contribution in [2.45, 2.75) is 19.4 Å². The molecule has 1 aliphatic heterocycles. The van der Waals surface area contributed by atoms with Gasteiger partial charge in [0.15, 0.2) is 0 Å². The van der Waals surface area contributed by atoms with E-state index in [4.69, 9.17) is 0 Å². The van der Waals surface area contributed by atoms with E-state index >= 15 is 0 Å². The lowest BCUT2D eigenvalue weighted by molar-refractivity contribution is 0.150. The zero-order chi connectivity index (χ0) is 14.1. The normalized spacial score (nSPS) is 18.6. The molecule has 0 saturated heterocycles. The summed E-state index contributed by atoms with van der Waals surface area (Å²) in [5.74, 6) is 0. The maximum Gasteiger partial charge on any atom is 0.205 e. The van der Waals surface area contributed by atoms with E-state index in [1.807, 2.05) is 55.5 Å². The third-order valence-corrected chi connectivity index (χ3v) is 3.68. The Hall–Kier alpha value is -2.04. The van der Waals surface area contributed by atoms with Gasteiger partial charge in [-0.05, 0) is 24.1 Å². The average molecular weight is 270 g/mol. The SMILES string of the molecule is Cc1cccc2c1NC(O)N2CC(O)c1ccccc1. The number of benzene rings is 2. The van der Waals surface area contributed by atoms with Gasteiger partial charge in [0.25, 0.3) is 0 Å². The molecule has 0 radical (unpaired) electrons. The Morgan fingerprint density at radius 2 is 1.90 bits per heavy atom. The summed E-state index contributed by atoms with van der Waals surface area (Å²) < 4.78 is 0. The summed E-state index contributed by atoms with van der Waals surface area (Å²) in [5, 5.41) is 23.5. The third-order valence-electron chi connectivity index (χ3n) is 3.68. The van der Waals surface area contributed by atoms with Gasteiger partial charge in [-0.25, -0.2) is 0 Å². The Kier molecular flexibility index (Phi) is 3.34. The molecule has 0 fully saturated rings. The van der Waals surface area contributed by atoms with Crippen molar-refractivity contribution in [3.05, 3.63) is 59.7 Å². The minimum atomic E-state index is -0.801. The minimum Gasteiger partial charge on any atom is -0.387 e. The first kappa shape index (κ1) is 13.0. The van der Waals surface area contributed by atoms with Crippen LogP contribution in [0, 0.1) is 6.92 Å². The number of para-hydroxylation sites is 1. The van der Waals surface area contributed by atoms with E-state index in [0.29, 0.717) is 6.54 Å². The van der Waals surface area contributed by atoms with Crippen molar-refractivity contribution in [2.24, 2.45) is 0 Å². The van der Waals surface area contributed by atoms with E-state index in [0.717, 1.165) is 22.5 Å². The van der Waals surface area contributed by atoms with Gasteiger partial charge < -0.3 is 20.4 Å². The number of aliphatic hydroxyl groups is 2. The summed E-state index contributed by atoms with van der Waals surface area (Å²) in [4.78, 5) is 1.78. The highest BCUT2D eigenvalue weighted by molar-refractivity contribution is 5.78. The molecule has 0 amide bonds. The van der Waals surface area contributed by atoms with Crippen LogP contribution >= 0.6 is 0 Å². The predicted octanol–water partition coefficient (Wildman–Crippen LogP) is 2.24. The average Bonchev–Trinajstić information content (AvgIpc) is 2.78. The summed E-state index contributed by atoms with van der Waals surface area (Å²) >= 11 is 0. The molecule has 0 aromatic heterocycles. The van der Waals surface area contributed by atoms with Crippen molar-refractivity contribution in [3.63, 3.8) is 0 Å². The molecule has 4 heteroatoms. The van der Waals surface area contributed by atoms with Crippen LogP contribution in [0.5, 0.6) is 0 Å². The van der Waals surface area contributed by atoms with Crippen molar-refractivity contribution < 1.29 is 10.2 Å². The molecule has 0 bridgehead atoms. The molecule has 0 spiro atoms. The minimum absolute atomic E-state index is 0.342. The number of aryl methyl sites for hydroxylation is 1. The van der Waals surface area contributed by atoms with E-state index in [1.165, 1.54) is 0 Å². The molecule has 20 heavy (non-hydrogen) atoms. The van der Waals surface area contributed by atoms with Crippen LogP contribution in [0.2, 0.25) is 0 Å². The maximum absolute atomic E-state index is 10.3. The van der Waals surface area contributed by atoms with Crippen LogP contribution in [-0.4, -0.2) is 23.1 Å². The van der Waals surface area contributed by atoms with Gasteiger partial charge in [-0.1, -0.05) is 42.5 Å². The number of hydrogen-bond donors (Lipinski definition) is 3. The number of nitrogens with one attached hydrogen (secondary N) is 1. The number of nitrogens with zero attached hydrogens (tertiary/aromatic N) is 1. The second kappa shape index (κ2) is 5.15. The first-order valence-electron chi connectivity index (χ1n) is 6.70. The molecule has 3 N–H and O–H groups in total. The molecular weight excluding hydrogens is 252 g/mol. The van der Waals surface area contributed by atoms with Gasteiger partial charge in [0, 0.05) is 0 Å². The highest BCUT2D eigenvalue weighted by Crippen LogP contribution is 2.37. The zero-order valence-electron chi connectivity index (χ0n) is 11.3. The highest BCUT2D eigenvalue weighted by atomic mass is 16.3. The van der Waals surface area contributed by atoms with Crippen LogP contribution in [0.25, 0.3) is 0 Å². The van der Waals surface area contributed by atoms with Crippen molar-refractivity contribution in [1.82, 2.24) is 0 Å². The van der Waals surface area contributed by atoms with E-state index in [1.54, 1.807) is 4.90 Å². The van der Waals surface area contributed by atoms with Gasteiger partial charge in [0.2, 0.25) is 6.35 Å². The summed E-state index contributed by atoms with van der Waals surface area (Å²) in [7, 11) is 0. The van der Waals surface area contributed by atoms with E-state index in [9.17, 15) is 10.2 Å². The molecule has 2 aromatic rings. The molecule has 1 heterocycles. The van der Waals surface area contributed by atoms with Gasteiger partial charge in [0.1, 0.15) is 0 Å². The summed E-state index contributed by atoms with van der Waals surface area (Å²) in [6.45, 7) is 2.34. The lowest BCUT2D eigenvalue weighted by Gasteiger charge is -2.25. The van der Waals surface area contributed by atoms with Crippen LogP contribution in [0.4, 0.5) is 11.4 Å². The Morgan fingerprint density at radius 1 is 1.15 bits per heavy atom. The Bertz CT molecular complexity index is 601. The monoisotopic (exact) mass is 270 g/mol. The fraction of sp³-hybridized carbons (Fsp3) is 0.250. The first-order chi connectivity index (χ1) is 9.66. The number of anilines is 2. The molecule has 0 saturated carbocycles. The lowest BCUT2D eigenvalue weighted by Crippen LogP contribution is -2.38. The fourth-order valence-corrected chi connectivity index (χ4v) is 2.58. The van der Waals surface area contributed by atoms with E-state index in [2.05, 4.69) is 5.32 Å². The molecule has 0 aliphatic carbocycles. The van der Waals surface area contributed by atoms with Gasteiger partial charge >= 0.3 is 0 Å². The van der Waals surface area contributed by atoms with Crippen molar-refractivity contribution in [3.8, 4) is 0 Å². The maximum atomic E-state index is 10.3. The van der Waals surface area contributed by atoms with Crippen LogP contribution in [0.1, 0.15) is 17.2 Å². The summed E-state index contributed by atoms with van der Waals surface area (Å²) in [6, 6.07) is 15.4. The predicted molar refractivity (Wildman–Crippen MR) is 79.6 cm³/mol. The Labute approximate surface area is 118 Å². The van der Waals surface area contributed by atoms with Gasteiger partial charge in [-0.2, -0.15) is 0 Å². The standard InChI is InChI=1S/C16H18N2O2/c1-11-6-5-9-13-15(11)17-16(20)18(13)10-14(19)12-7-3-2-4-8-12/h2-9,14,16-17,19-20H,10H2,1H3. The molecule has 104 valence electrons. The topological polar surface area (TPSA) is 55.7 Å². The van der Waals surface area contributed by atoms with Crippen molar-refractivity contribution >= 4 is 11.4 Å². The molecule has 2 unspecified atom stereocenters. The van der Waals surface area contributed by atoms with E-state index in [-0.39, 0.29) is 0 Å². The molecule has 4 nitrogen and oxygen atoms in total. The van der Waals surface area contributed by atoms with E-state index < -0.39 is 12.5 Å². The molecule has 2 atom stereocenters. The quantitative estimate of drug-likeness (QED) is 0.800. The third kappa shape index (κ3) is 2.24. The van der Waals surface area contributed by atoms with Crippen LogP contribution in [0.3, 0.4) is 0 Å². The number of rotatable bonds is 3. The number of aliphatic hydroxyl groups excluding tert-OH is 2. The molecule has 2 aromatic carbocycles. The van der Waals surface area contributed by atoms with Crippen molar-refractivity contribution in [1.29, 1.82) is 0 Å². The van der Waals surface area contributed by atoms with Gasteiger partial charge in [0.05, 0.1) is 24.0 Å². The largest absolute Gasteiger partial charge is 0.387 e. The van der Waals surface area contributed by atoms with Crippen LogP contribution in [-0.2, 0) is 0 Å². The van der Waals surface area contributed by atoms with Gasteiger partial charge in [-0.3, -0.25) is 0 Å². The van der Waals surface area contributed by atoms with Crippen molar-refractivity contribution in [2.75, 3.05) is 16.8 Å². The van der Waals surface area contributed by atoms with Crippen LogP contribution in [0.15, 0.2) is 48.5 Å². The summed E-state index contributed by atoms with van der Waals surface area (Å²) in [5.41, 5.74) is 3.78. The summed E-state index contributed by atoms with van der Waals surface area (Å²) in [6.07, 6.45) is -1.44. The van der Waals surface area contributed by atoms with Crippen LogP contribution < -0.4 is 10.2 Å². The molecule has 1 aliphatic rings. The highest BCUT2D eigenvalue weighted by Gasteiger charge is 2.29. The smallest absolute Gasteiger partial charge is 0.205 e. The second-order valence-electron chi connectivity index (χ2n) is 5.07.